The van der Waals surface area contributed by atoms with Gasteiger partial charge in [0.15, 0.2) is 10.8 Å². The van der Waals surface area contributed by atoms with Crippen LogP contribution in [0.1, 0.15) is 77.5 Å². The second-order valence-electron chi connectivity index (χ2n) is 9.68. The fourth-order valence-corrected chi connectivity index (χ4v) is 4.43. The normalized spacial score (nSPS) is 11.2. The van der Waals surface area contributed by atoms with Crippen LogP contribution in [0.25, 0.3) is 0 Å². The highest BCUT2D eigenvalue weighted by atomic mass is 32.2. The molecule has 1 atom stereocenters. The molecule has 2 heterocycles. The van der Waals surface area contributed by atoms with Gasteiger partial charge in [0.2, 0.25) is 0 Å². The molecule has 1 unspecified atom stereocenters. The number of nitrogens with zero attached hydrogens (tertiary/aromatic N) is 7. The molecule has 0 saturated carbocycles. The molecule has 0 saturated heterocycles. The Morgan fingerprint density at radius 1 is 1.02 bits per heavy atom. The number of pyridine rings is 1. The number of nitriles is 2. The molecule has 0 fully saturated rings. The van der Waals surface area contributed by atoms with Crippen molar-refractivity contribution in [2.45, 2.75) is 67.7 Å². The highest BCUT2D eigenvalue weighted by Crippen LogP contribution is 2.40. The topological polar surface area (TPSA) is 151 Å². The van der Waals surface area contributed by atoms with E-state index in [-0.39, 0.29) is 0 Å². The standard InChI is InChI=1S/C26H27N9OS2.C5H12.C2H6/c1-4-6-12-29-25-23(18(3)21(17-28)24(31-25)30-13-14-38(36)5-2)34-35-26-19(16-27)15-22(37-26)33-32-20-10-8-7-9-11-20;1-4-5(2)3;1-2/h5,7-11,15H,2,4,6,12-14H2,1,3H3,(H2,29,30,31);5H,4H2,1-3H3;1-2H3. The summed E-state index contributed by atoms with van der Waals surface area (Å²) in [5.74, 6) is 2.07. The van der Waals surface area contributed by atoms with Crippen molar-refractivity contribution in [1.82, 2.24) is 4.98 Å². The Balaban J connectivity index is 0.00000131. The minimum absolute atomic E-state index is 0.313. The van der Waals surface area contributed by atoms with Crippen LogP contribution >= 0.6 is 11.3 Å². The van der Waals surface area contributed by atoms with Gasteiger partial charge in [-0.3, -0.25) is 4.21 Å². The summed E-state index contributed by atoms with van der Waals surface area (Å²) in [4.78, 5) is 4.60. The van der Waals surface area contributed by atoms with E-state index in [0.717, 1.165) is 18.8 Å². The van der Waals surface area contributed by atoms with Crippen molar-refractivity contribution < 1.29 is 4.21 Å². The number of unbranched alkanes of at least 4 members (excludes halogenated alkanes) is 1. The van der Waals surface area contributed by atoms with Gasteiger partial charge in [-0.15, -0.1) is 20.5 Å². The molecule has 2 aromatic heterocycles. The predicted octanol–water partition coefficient (Wildman–Crippen LogP) is 10.6. The summed E-state index contributed by atoms with van der Waals surface area (Å²) >= 11 is 1.19. The average Bonchev–Trinajstić information content (AvgIpc) is 3.47. The molecular weight excluding hydrogens is 603 g/mol. The van der Waals surface area contributed by atoms with E-state index < -0.39 is 10.8 Å². The predicted molar refractivity (Wildman–Crippen MR) is 189 cm³/mol. The van der Waals surface area contributed by atoms with E-state index in [9.17, 15) is 14.7 Å². The number of hydrogen-bond acceptors (Lipinski definition) is 11. The average molecular weight is 648 g/mol. The molecule has 0 bridgehead atoms. The van der Waals surface area contributed by atoms with Crippen LogP contribution in [0.2, 0.25) is 0 Å². The zero-order valence-electron chi connectivity index (χ0n) is 27.4. The molecule has 1 aromatic carbocycles. The Labute approximate surface area is 274 Å². The summed E-state index contributed by atoms with van der Waals surface area (Å²) in [6, 6.07) is 15.2. The second-order valence-corrected chi connectivity index (χ2v) is 12.2. The van der Waals surface area contributed by atoms with Gasteiger partial charge in [0.05, 0.1) is 16.8 Å². The quantitative estimate of drug-likeness (QED) is 0.131. The minimum Gasteiger partial charge on any atom is -0.368 e. The summed E-state index contributed by atoms with van der Waals surface area (Å²) in [6.45, 7) is 19.0. The van der Waals surface area contributed by atoms with Gasteiger partial charge < -0.3 is 10.6 Å². The van der Waals surface area contributed by atoms with E-state index >= 15 is 0 Å². The van der Waals surface area contributed by atoms with Crippen LogP contribution in [0, 0.1) is 35.5 Å². The highest BCUT2D eigenvalue weighted by molar-refractivity contribution is 7.87. The van der Waals surface area contributed by atoms with Crippen LogP contribution in [0.15, 0.2) is 68.8 Å². The van der Waals surface area contributed by atoms with Crippen molar-refractivity contribution in [3.05, 3.63) is 65.1 Å². The van der Waals surface area contributed by atoms with Crippen LogP contribution in [0.5, 0.6) is 0 Å². The first-order valence-corrected chi connectivity index (χ1v) is 17.3. The lowest BCUT2D eigenvalue weighted by Gasteiger charge is -2.15. The fraction of sp³-hybridized carbons (Fsp3) is 0.424. The summed E-state index contributed by atoms with van der Waals surface area (Å²) in [5, 5.41) is 45.3. The molecule has 0 aliphatic carbocycles. The van der Waals surface area contributed by atoms with Gasteiger partial charge in [0.25, 0.3) is 0 Å². The molecule has 0 aliphatic heterocycles. The van der Waals surface area contributed by atoms with Gasteiger partial charge in [0.1, 0.15) is 28.6 Å². The van der Waals surface area contributed by atoms with Crippen LogP contribution in [0.4, 0.5) is 33.0 Å². The number of azo groups is 2. The van der Waals surface area contributed by atoms with Crippen LogP contribution in [0.3, 0.4) is 0 Å². The van der Waals surface area contributed by atoms with Crippen molar-refractivity contribution in [3.63, 3.8) is 0 Å². The zero-order valence-corrected chi connectivity index (χ0v) is 29.1. The van der Waals surface area contributed by atoms with Crippen molar-refractivity contribution in [1.29, 1.82) is 10.5 Å². The zero-order chi connectivity index (χ0) is 33.6. The third-order valence-corrected chi connectivity index (χ3v) is 7.91. The van der Waals surface area contributed by atoms with Crippen molar-refractivity contribution in [3.8, 4) is 12.1 Å². The van der Waals surface area contributed by atoms with Gasteiger partial charge in [-0.1, -0.05) is 90.5 Å². The van der Waals surface area contributed by atoms with E-state index in [0.29, 0.717) is 68.5 Å². The lowest BCUT2D eigenvalue weighted by atomic mass is 10.1. The number of aromatic nitrogens is 1. The Kier molecular flexibility index (Phi) is 19.2. The van der Waals surface area contributed by atoms with E-state index in [1.807, 2.05) is 44.2 Å². The van der Waals surface area contributed by atoms with Gasteiger partial charge in [-0.05, 0) is 42.9 Å². The molecular formula is C33H45N9OS2. The Morgan fingerprint density at radius 2 is 1.69 bits per heavy atom. The monoisotopic (exact) mass is 647 g/mol. The number of thiophene rings is 1. The molecule has 3 rings (SSSR count). The van der Waals surface area contributed by atoms with Gasteiger partial charge in [-0.25, -0.2) is 4.98 Å². The minimum atomic E-state index is -1.17. The SMILES string of the molecule is C=CS(=O)CCNc1nc(NCCCC)c(N=Nc2sc(N=Nc3ccccc3)cc2C#N)c(C)c1C#N.CC.CCC(C)C. The molecule has 45 heavy (non-hydrogen) atoms. The van der Waals surface area contributed by atoms with Gasteiger partial charge in [-0.2, -0.15) is 10.5 Å². The maximum Gasteiger partial charge on any atom is 0.158 e. The van der Waals surface area contributed by atoms with Gasteiger partial charge in [0, 0.05) is 35.2 Å². The molecule has 2 N–H and O–H groups in total. The molecule has 0 aliphatic rings. The second kappa shape index (κ2) is 22.3. The third-order valence-electron chi connectivity index (χ3n) is 6.03. The number of hydrogen-bond donors (Lipinski definition) is 2. The smallest absolute Gasteiger partial charge is 0.158 e. The lowest BCUT2D eigenvalue weighted by molar-refractivity contribution is 0.626. The van der Waals surface area contributed by atoms with E-state index in [4.69, 9.17) is 0 Å². The summed E-state index contributed by atoms with van der Waals surface area (Å²) in [7, 11) is -1.17. The molecule has 0 radical (unpaired) electrons. The van der Waals surface area contributed by atoms with Crippen molar-refractivity contribution in [2.24, 2.45) is 26.4 Å². The molecule has 10 nitrogen and oxygen atoms in total. The van der Waals surface area contributed by atoms with Crippen LogP contribution in [-0.2, 0) is 10.8 Å². The van der Waals surface area contributed by atoms with E-state index in [2.05, 4.69) is 82.5 Å². The maximum absolute atomic E-state index is 11.7. The van der Waals surface area contributed by atoms with Crippen molar-refractivity contribution in [2.75, 3.05) is 29.5 Å². The molecule has 0 spiro atoms. The van der Waals surface area contributed by atoms with Crippen molar-refractivity contribution >= 4 is 55.1 Å². The fourth-order valence-electron chi connectivity index (χ4n) is 3.21. The number of rotatable bonds is 14. The molecule has 0 amide bonds. The number of nitrogens with one attached hydrogen (secondary N) is 2. The first-order valence-electron chi connectivity index (χ1n) is 15.1. The largest absolute Gasteiger partial charge is 0.368 e. The summed E-state index contributed by atoms with van der Waals surface area (Å²) in [6.07, 6.45) is 3.20. The number of anilines is 2. The lowest BCUT2D eigenvalue weighted by Crippen LogP contribution is -2.14. The third kappa shape index (κ3) is 13.5. The van der Waals surface area contributed by atoms with E-state index in [1.165, 1.54) is 23.2 Å². The Bertz CT molecular complexity index is 1500. The first-order chi connectivity index (χ1) is 21.8. The highest BCUT2D eigenvalue weighted by Gasteiger charge is 2.18. The van der Waals surface area contributed by atoms with Crippen LogP contribution < -0.4 is 10.6 Å². The maximum atomic E-state index is 11.7. The number of benzene rings is 1. The molecule has 240 valence electrons. The van der Waals surface area contributed by atoms with Gasteiger partial charge >= 0.3 is 0 Å². The van der Waals surface area contributed by atoms with E-state index in [1.54, 1.807) is 13.0 Å². The van der Waals surface area contributed by atoms with Crippen LogP contribution in [-0.4, -0.2) is 28.0 Å². The first kappa shape index (κ1) is 38.8. The Hall–Kier alpha value is -4.26. The molecule has 3 aromatic rings. The Morgan fingerprint density at radius 3 is 2.27 bits per heavy atom. The summed E-state index contributed by atoms with van der Waals surface area (Å²) < 4.78 is 11.7. The molecule has 12 heteroatoms. The summed E-state index contributed by atoms with van der Waals surface area (Å²) in [5.41, 5.74) is 2.31.